The van der Waals surface area contributed by atoms with E-state index >= 15 is 0 Å². The summed E-state index contributed by atoms with van der Waals surface area (Å²) in [7, 11) is 0. The number of fused-ring (bicyclic) bond motifs is 1. The monoisotopic (exact) mass is 412 g/mol. The van der Waals surface area contributed by atoms with Crippen molar-refractivity contribution in [2.45, 2.75) is 33.4 Å². The molecule has 0 spiro atoms. The number of ether oxygens (including phenoxy) is 3. The quantitative estimate of drug-likeness (QED) is 0.689. The van der Waals surface area contributed by atoms with Crippen molar-refractivity contribution >= 4 is 11.9 Å². The molecule has 2 aliphatic heterocycles. The zero-order chi connectivity index (χ0) is 21.1. The molecule has 1 amide bonds. The number of pyridine rings is 1. The number of carbonyl (C=O) groups is 2. The maximum atomic E-state index is 13.0. The zero-order valence-corrected chi connectivity index (χ0v) is 17.1. The molecular weight excluding hydrogens is 388 g/mol. The Bertz CT molecular complexity index is 983. The Morgan fingerprint density at radius 1 is 1.23 bits per heavy atom. The minimum absolute atomic E-state index is 0.225. The van der Waals surface area contributed by atoms with Crippen LogP contribution in [0.5, 0.6) is 0 Å². The van der Waals surface area contributed by atoms with Gasteiger partial charge in [-0.25, -0.2) is 4.79 Å². The van der Waals surface area contributed by atoms with E-state index in [1.54, 1.807) is 29.6 Å². The lowest BCUT2D eigenvalue weighted by atomic mass is 10.0. The summed E-state index contributed by atoms with van der Waals surface area (Å²) in [6.07, 6.45) is 2.29. The maximum absolute atomic E-state index is 13.0. The van der Waals surface area contributed by atoms with E-state index in [1.807, 2.05) is 18.2 Å². The van der Waals surface area contributed by atoms with E-state index in [9.17, 15) is 9.59 Å². The van der Waals surface area contributed by atoms with Crippen LogP contribution in [0, 0.1) is 0 Å². The van der Waals surface area contributed by atoms with Crippen LogP contribution in [0.2, 0.25) is 0 Å². The molecule has 0 aliphatic carbocycles. The predicted molar refractivity (Wildman–Crippen MR) is 105 cm³/mol. The predicted octanol–water partition coefficient (Wildman–Crippen LogP) is 1.67. The average Bonchev–Trinajstić information content (AvgIpc) is 3.12. The Hall–Kier alpha value is -3.36. The molecule has 2 aromatic rings. The van der Waals surface area contributed by atoms with Crippen LogP contribution >= 0.6 is 0 Å². The van der Waals surface area contributed by atoms with Gasteiger partial charge in [-0.1, -0.05) is 6.07 Å². The summed E-state index contributed by atoms with van der Waals surface area (Å²) in [5.74, 6) is -0.0302. The second kappa shape index (κ2) is 8.56. The lowest BCUT2D eigenvalue weighted by molar-refractivity contribution is -0.133. The first-order valence-corrected chi connectivity index (χ1v) is 9.99. The first-order chi connectivity index (χ1) is 14.6. The van der Waals surface area contributed by atoms with E-state index in [2.05, 4.69) is 10.1 Å². The lowest BCUT2D eigenvalue weighted by Gasteiger charge is -2.30. The van der Waals surface area contributed by atoms with Gasteiger partial charge in [0, 0.05) is 30.4 Å². The molecule has 4 heterocycles. The van der Waals surface area contributed by atoms with Crippen LogP contribution in [0.15, 0.2) is 35.9 Å². The van der Waals surface area contributed by atoms with Gasteiger partial charge in [0.05, 0.1) is 25.4 Å². The Balaban J connectivity index is 1.64. The fraction of sp³-hybridized carbons (Fsp3) is 0.429. The smallest absolute Gasteiger partial charge is 0.359 e. The second-order valence-corrected chi connectivity index (χ2v) is 7.03. The molecular formula is C21H24N4O5. The molecule has 2 aromatic heterocycles. The van der Waals surface area contributed by atoms with Gasteiger partial charge in [-0.2, -0.15) is 5.10 Å². The normalized spacial score (nSPS) is 15.9. The molecule has 30 heavy (non-hydrogen) atoms. The highest BCUT2D eigenvalue weighted by Crippen LogP contribution is 2.26. The third-order valence-electron chi connectivity index (χ3n) is 5.09. The molecule has 158 valence electrons. The third kappa shape index (κ3) is 3.87. The fourth-order valence-corrected chi connectivity index (χ4v) is 3.67. The number of carbonyl (C=O) groups excluding carboxylic acids is 2. The summed E-state index contributed by atoms with van der Waals surface area (Å²) in [6, 6.07) is 5.67. The first kappa shape index (κ1) is 19.9. The van der Waals surface area contributed by atoms with Crippen molar-refractivity contribution in [3.8, 4) is 0 Å². The van der Waals surface area contributed by atoms with Gasteiger partial charge in [-0.3, -0.25) is 14.5 Å². The van der Waals surface area contributed by atoms with Crippen LogP contribution in [-0.2, 0) is 38.5 Å². The van der Waals surface area contributed by atoms with Crippen molar-refractivity contribution in [1.29, 1.82) is 0 Å². The van der Waals surface area contributed by atoms with E-state index in [-0.39, 0.29) is 30.5 Å². The van der Waals surface area contributed by atoms with E-state index in [4.69, 9.17) is 14.2 Å². The number of aromatic nitrogens is 3. The summed E-state index contributed by atoms with van der Waals surface area (Å²) in [5.41, 5.74) is 2.70. The Morgan fingerprint density at radius 2 is 2.07 bits per heavy atom. The van der Waals surface area contributed by atoms with Crippen molar-refractivity contribution in [3.05, 3.63) is 58.6 Å². The van der Waals surface area contributed by atoms with Crippen LogP contribution in [0.25, 0.3) is 0 Å². The first-order valence-electron chi connectivity index (χ1n) is 9.99. The number of nitrogens with zero attached hydrogens (tertiary/aromatic N) is 4. The van der Waals surface area contributed by atoms with E-state index in [0.717, 1.165) is 11.4 Å². The summed E-state index contributed by atoms with van der Waals surface area (Å²) < 4.78 is 18.0. The molecule has 0 radical (unpaired) electrons. The number of rotatable bonds is 5. The van der Waals surface area contributed by atoms with Crippen molar-refractivity contribution in [2.24, 2.45) is 0 Å². The average molecular weight is 412 g/mol. The summed E-state index contributed by atoms with van der Waals surface area (Å²) in [5, 5.41) is 4.52. The van der Waals surface area contributed by atoms with Gasteiger partial charge < -0.3 is 19.1 Å². The number of amides is 1. The summed E-state index contributed by atoms with van der Waals surface area (Å²) >= 11 is 0. The largest absolute Gasteiger partial charge is 0.491 e. The Morgan fingerprint density at radius 3 is 2.80 bits per heavy atom. The number of allylic oxidation sites excluding steroid dienone is 1. The molecule has 0 saturated heterocycles. The van der Waals surface area contributed by atoms with Crippen LogP contribution in [0.1, 0.15) is 41.3 Å². The molecule has 0 bridgehead atoms. The van der Waals surface area contributed by atoms with E-state index in [0.29, 0.717) is 44.0 Å². The number of esters is 1. The number of hydrogen-bond donors (Lipinski definition) is 0. The molecule has 2 aliphatic rings. The topological polar surface area (TPSA) is 95.8 Å². The van der Waals surface area contributed by atoms with Gasteiger partial charge >= 0.3 is 5.97 Å². The molecule has 0 aromatic carbocycles. The molecule has 0 atom stereocenters. The van der Waals surface area contributed by atoms with E-state index < -0.39 is 5.97 Å². The third-order valence-corrected chi connectivity index (χ3v) is 5.09. The van der Waals surface area contributed by atoms with E-state index in [1.165, 1.54) is 0 Å². The van der Waals surface area contributed by atoms with Crippen LogP contribution in [0.3, 0.4) is 0 Å². The number of hydrogen-bond acceptors (Lipinski definition) is 7. The summed E-state index contributed by atoms with van der Waals surface area (Å²) in [6.45, 7) is 5.68. The molecule has 0 saturated carbocycles. The van der Waals surface area contributed by atoms with Crippen LogP contribution in [-0.4, -0.2) is 57.9 Å². The van der Waals surface area contributed by atoms with Gasteiger partial charge in [0.2, 0.25) is 5.76 Å². The van der Waals surface area contributed by atoms with Crippen molar-refractivity contribution < 1.29 is 23.8 Å². The molecule has 9 heteroatoms. The SMILES string of the molecule is CCOC(=O)c1nn(Cc2ccccn2)c2c1CN(C(=O)C1=C(C)OCCO1)CC2. The molecule has 9 nitrogen and oxygen atoms in total. The summed E-state index contributed by atoms with van der Waals surface area (Å²) in [4.78, 5) is 31.5. The fourth-order valence-electron chi connectivity index (χ4n) is 3.67. The molecule has 0 N–H and O–H groups in total. The highest BCUT2D eigenvalue weighted by atomic mass is 16.6. The molecule has 0 fully saturated rings. The highest BCUT2D eigenvalue weighted by Gasteiger charge is 2.33. The van der Waals surface area contributed by atoms with Crippen molar-refractivity contribution in [3.63, 3.8) is 0 Å². The Kier molecular flexibility index (Phi) is 5.69. The van der Waals surface area contributed by atoms with Gasteiger partial charge in [-0.15, -0.1) is 0 Å². The standard InChI is InChI=1S/C21H24N4O5/c1-3-28-21(27)18-16-13-24(20(26)19-14(2)29-10-11-30-19)9-7-17(16)25(23-18)12-15-6-4-5-8-22-15/h4-6,8H,3,7,9-13H2,1-2H3. The molecule has 4 rings (SSSR count). The lowest BCUT2D eigenvalue weighted by Crippen LogP contribution is -2.39. The van der Waals surface area contributed by atoms with Crippen LogP contribution in [0.4, 0.5) is 0 Å². The van der Waals surface area contributed by atoms with Crippen molar-refractivity contribution in [2.75, 3.05) is 26.4 Å². The van der Waals surface area contributed by atoms with Crippen molar-refractivity contribution in [1.82, 2.24) is 19.7 Å². The maximum Gasteiger partial charge on any atom is 0.359 e. The Labute approximate surface area is 174 Å². The molecule has 0 unspecified atom stereocenters. The highest BCUT2D eigenvalue weighted by molar-refractivity contribution is 5.93. The van der Waals surface area contributed by atoms with Crippen LogP contribution < -0.4 is 0 Å². The van der Waals surface area contributed by atoms with Gasteiger partial charge in [0.25, 0.3) is 5.91 Å². The second-order valence-electron chi connectivity index (χ2n) is 7.03. The van der Waals surface area contributed by atoms with Gasteiger partial charge in [0.1, 0.15) is 19.0 Å². The minimum atomic E-state index is -0.490. The minimum Gasteiger partial charge on any atom is -0.491 e. The zero-order valence-electron chi connectivity index (χ0n) is 17.1. The van der Waals surface area contributed by atoms with Gasteiger partial charge in [0.15, 0.2) is 5.69 Å². The van der Waals surface area contributed by atoms with Gasteiger partial charge in [-0.05, 0) is 26.0 Å².